The Hall–Kier alpha value is -1.16. The van der Waals surface area contributed by atoms with E-state index in [-0.39, 0.29) is 5.78 Å². The van der Waals surface area contributed by atoms with E-state index in [0.29, 0.717) is 17.4 Å². The number of thiophene rings is 1. The van der Waals surface area contributed by atoms with E-state index in [1.165, 1.54) is 11.3 Å². The summed E-state index contributed by atoms with van der Waals surface area (Å²) in [7, 11) is 0. The second-order valence-electron chi connectivity index (χ2n) is 4.09. The third kappa shape index (κ3) is 3.90. The quantitative estimate of drug-likeness (QED) is 0.794. The summed E-state index contributed by atoms with van der Waals surface area (Å²) in [6, 6.07) is 13.3. The number of halogens is 1. The zero-order chi connectivity index (χ0) is 13.7. The molecule has 0 spiro atoms. The van der Waals surface area contributed by atoms with Crippen LogP contribution in [0.3, 0.4) is 0 Å². The van der Waals surface area contributed by atoms with Gasteiger partial charge < -0.3 is 4.74 Å². The van der Waals surface area contributed by atoms with Crippen LogP contribution in [0.4, 0.5) is 0 Å². The van der Waals surface area contributed by atoms with E-state index >= 15 is 0 Å². The van der Waals surface area contributed by atoms with E-state index < -0.39 is 6.10 Å². The van der Waals surface area contributed by atoms with Crippen LogP contribution in [0.1, 0.15) is 23.5 Å². The van der Waals surface area contributed by atoms with Crippen LogP contribution in [0.2, 0.25) is 4.34 Å². The number of benzene rings is 1. The van der Waals surface area contributed by atoms with Crippen molar-refractivity contribution in [3.63, 3.8) is 0 Å². The summed E-state index contributed by atoms with van der Waals surface area (Å²) in [5.74, 6) is 0.0616. The molecule has 0 bridgehead atoms. The normalized spacial score (nSPS) is 12.3. The van der Waals surface area contributed by atoms with E-state index in [4.69, 9.17) is 16.3 Å². The van der Waals surface area contributed by atoms with Crippen molar-refractivity contribution in [3.8, 4) is 0 Å². The molecule has 0 aliphatic heterocycles. The van der Waals surface area contributed by atoms with Crippen LogP contribution in [0, 0.1) is 0 Å². The highest BCUT2D eigenvalue weighted by Gasteiger charge is 2.21. The van der Waals surface area contributed by atoms with Crippen LogP contribution in [0.5, 0.6) is 0 Å². The number of carbonyl (C=O) groups excluding carboxylic acids is 1. The number of hydrogen-bond donors (Lipinski definition) is 0. The van der Waals surface area contributed by atoms with Crippen molar-refractivity contribution in [2.24, 2.45) is 0 Å². The lowest BCUT2D eigenvalue weighted by atomic mass is 10.0. The number of ether oxygens (including phenoxy) is 1. The van der Waals surface area contributed by atoms with E-state index in [1.807, 2.05) is 49.4 Å². The van der Waals surface area contributed by atoms with Crippen molar-refractivity contribution in [2.45, 2.75) is 19.4 Å². The Labute approximate surface area is 122 Å². The molecule has 1 heterocycles. The molecular weight excluding hydrogens is 280 g/mol. The Bertz CT molecular complexity index is 536. The molecule has 0 N–H and O–H groups in total. The van der Waals surface area contributed by atoms with E-state index in [9.17, 15) is 4.79 Å². The van der Waals surface area contributed by atoms with Gasteiger partial charge in [0.1, 0.15) is 6.10 Å². The minimum atomic E-state index is -0.493. The largest absolute Gasteiger partial charge is 0.366 e. The lowest BCUT2D eigenvalue weighted by Gasteiger charge is -2.15. The molecule has 1 aromatic heterocycles. The molecule has 1 unspecified atom stereocenters. The van der Waals surface area contributed by atoms with E-state index in [0.717, 1.165) is 10.4 Å². The van der Waals surface area contributed by atoms with Gasteiger partial charge in [-0.05, 0) is 24.6 Å². The van der Waals surface area contributed by atoms with Crippen molar-refractivity contribution >= 4 is 28.7 Å². The van der Waals surface area contributed by atoms with Crippen molar-refractivity contribution in [1.29, 1.82) is 0 Å². The van der Waals surface area contributed by atoms with E-state index in [1.54, 1.807) is 0 Å². The Morgan fingerprint density at radius 3 is 2.58 bits per heavy atom. The molecule has 0 amide bonds. The third-order valence-electron chi connectivity index (χ3n) is 2.71. The number of hydrogen-bond acceptors (Lipinski definition) is 3. The summed E-state index contributed by atoms with van der Waals surface area (Å²) >= 11 is 7.31. The molecule has 2 aromatic rings. The van der Waals surface area contributed by atoms with Crippen LogP contribution < -0.4 is 0 Å². The van der Waals surface area contributed by atoms with Gasteiger partial charge in [-0.2, -0.15) is 0 Å². The van der Waals surface area contributed by atoms with Crippen LogP contribution in [-0.4, -0.2) is 12.4 Å². The van der Waals surface area contributed by atoms with Gasteiger partial charge in [-0.3, -0.25) is 4.79 Å². The monoisotopic (exact) mass is 294 g/mol. The fraction of sp³-hybridized carbons (Fsp3) is 0.267. The zero-order valence-electron chi connectivity index (χ0n) is 10.6. The van der Waals surface area contributed by atoms with Gasteiger partial charge in [0.05, 0.1) is 4.34 Å². The minimum Gasteiger partial charge on any atom is -0.366 e. The first-order chi connectivity index (χ1) is 9.20. The average Bonchev–Trinajstić information content (AvgIpc) is 2.82. The van der Waals surface area contributed by atoms with Gasteiger partial charge >= 0.3 is 0 Å². The molecule has 2 rings (SSSR count). The van der Waals surface area contributed by atoms with Crippen LogP contribution in [-0.2, 0) is 16.0 Å². The van der Waals surface area contributed by atoms with Gasteiger partial charge in [-0.15, -0.1) is 11.3 Å². The van der Waals surface area contributed by atoms with Crippen molar-refractivity contribution in [3.05, 3.63) is 57.2 Å². The second-order valence-corrected chi connectivity index (χ2v) is 5.89. The number of Topliss-reactive ketones (excluding diaryl/α,β-unsaturated/α-hetero) is 1. The number of carbonyl (C=O) groups is 1. The van der Waals surface area contributed by atoms with Gasteiger partial charge in [-0.25, -0.2) is 0 Å². The maximum absolute atomic E-state index is 12.4. The molecule has 2 nitrogen and oxygen atoms in total. The molecule has 0 radical (unpaired) electrons. The fourth-order valence-electron chi connectivity index (χ4n) is 1.88. The maximum Gasteiger partial charge on any atom is 0.171 e. The first kappa shape index (κ1) is 14.3. The molecule has 1 atom stereocenters. The molecular formula is C15H15ClO2S. The molecule has 0 fully saturated rings. The van der Waals surface area contributed by atoms with Crippen LogP contribution >= 0.6 is 22.9 Å². The molecule has 4 heteroatoms. The van der Waals surface area contributed by atoms with Crippen LogP contribution in [0.15, 0.2) is 42.5 Å². The number of ketones is 1. The molecule has 100 valence electrons. The Kier molecular flexibility index (Phi) is 5.14. The molecule has 19 heavy (non-hydrogen) atoms. The predicted molar refractivity (Wildman–Crippen MR) is 78.8 cm³/mol. The highest BCUT2D eigenvalue weighted by Crippen LogP contribution is 2.25. The average molecular weight is 295 g/mol. The van der Waals surface area contributed by atoms with Crippen molar-refractivity contribution in [2.75, 3.05) is 6.61 Å². The van der Waals surface area contributed by atoms with Gasteiger partial charge in [0.2, 0.25) is 0 Å². The molecule has 1 aromatic carbocycles. The molecule has 0 saturated carbocycles. The Morgan fingerprint density at radius 2 is 2.00 bits per heavy atom. The first-order valence-corrected chi connectivity index (χ1v) is 7.33. The first-order valence-electron chi connectivity index (χ1n) is 6.14. The fourth-order valence-corrected chi connectivity index (χ4v) is 2.98. The molecule has 0 saturated heterocycles. The minimum absolute atomic E-state index is 0.0616. The summed E-state index contributed by atoms with van der Waals surface area (Å²) in [6.07, 6.45) is -0.135. The standard InChI is InChI=1S/C15H15ClO2S/c1-2-18-15(11-6-4-3-5-7-11)13(17)10-12-8-9-14(16)19-12/h3-9,15H,2,10H2,1H3. The molecule has 0 aliphatic carbocycles. The third-order valence-corrected chi connectivity index (χ3v) is 3.94. The second kappa shape index (κ2) is 6.85. The summed E-state index contributed by atoms with van der Waals surface area (Å²) in [5, 5.41) is 0. The van der Waals surface area contributed by atoms with Gasteiger partial charge in [0.15, 0.2) is 5.78 Å². The highest BCUT2D eigenvalue weighted by atomic mass is 35.5. The Morgan fingerprint density at radius 1 is 1.26 bits per heavy atom. The SMILES string of the molecule is CCOC(C(=O)Cc1ccc(Cl)s1)c1ccccc1. The Balaban J connectivity index is 2.13. The summed E-state index contributed by atoms with van der Waals surface area (Å²) in [5.41, 5.74) is 0.900. The topological polar surface area (TPSA) is 26.3 Å². The molecule has 0 aliphatic rings. The lowest BCUT2D eigenvalue weighted by molar-refractivity contribution is -0.130. The van der Waals surface area contributed by atoms with Gasteiger partial charge in [0, 0.05) is 17.9 Å². The van der Waals surface area contributed by atoms with Crippen LogP contribution in [0.25, 0.3) is 0 Å². The lowest BCUT2D eigenvalue weighted by Crippen LogP contribution is -2.17. The smallest absolute Gasteiger partial charge is 0.171 e. The summed E-state index contributed by atoms with van der Waals surface area (Å²) in [6.45, 7) is 2.40. The zero-order valence-corrected chi connectivity index (χ0v) is 12.2. The predicted octanol–water partition coefficient (Wildman–Crippen LogP) is 4.29. The summed E-state index contributed by atoms with van der Waals surface area (Å²) in [4.78, 5) is 13.3. The van der Waals surface area contributed by atoms with Gasteiger partial charge in [-0.1, -0.05) is 41.9 Å². The number of rotatable bonds is 6. The van der Waals surface area contributed by atoms with Gasteiger partial charge in [0.25, 0.3) is 0 Å². The van der Waals surface area contributed by atoms with E-state index in [2.05, 4.69) is 0 Å². The van der Waals surface area contributed by atoms with Crippen molar-refractivity contribution < 1.29 is 9.53 Å². The highest BCUT2D eigenvalue weighted by molar-refractivity contribution is 7.16. The van der Waals surface area contributed by atoms with Crippen molar-refractivity contribution in [1.82, 2.24) is 0 Å². The maximum atomic E-state index is 12.4. The summed E-state index contributed by atoms with van der Waals surface area (Å²) < 4.78 is 6.30.